The summed E-state index contributed by atoms with van der Waals surface area (Å²) < 4.78 is 0. The molecule has 3 aromatic rings. The van der Waals surface area contributed by atoms with Gasteiger partial charge in [0, 0.05) is 30.2 Å². The molecule has 1 aliphatic rings. The quantitative estimate of drug-likeness (QED) is 0.104. The summed E-state index contributed by atoms with van der Waals surface area (Å²) in [6, 6.07) is 17.0. The van der Waals surface area contributed by atoms with Gasteiger partial charge in [-0.3, -0.25) is 14.9 Å². The molecule has 0 spiro atoms. The number of hydrogen-bond acceptors (Lipinski definition) is 3. The van der Waals surface area contributed by atoms with Crippen LogP contribution in [0.25, 0.3) is 10.9 Å². The molecule has 0 aliphatic heterocycles. The molecule has 1 amide bonds. The Hall–Kier alpha value is -3.07. The Morgan fingerprint density at radius 2 is 1.72 bits per heavy atom. The van der Waals surface area contributed by atoms with Crippen molar-refractivity contribution in [2.75, 3.05) is 13.1 Å². The maximum atomic E-state index is 11.8. The van der Waals surface area contributed by atoms with E-state index in [-0.39, 0.29) is 5.92 Å². The summed E-state index contributed by atoms with van der Waals surface area (Å²) in [6.07, 6.45) is 12.4. The van der Waals surface area contributed by atoms with Gasteiger partial charge in [0.05, 0.1) is 5.92 Å². The molecule has 1 aromatic heterocycles. The molecule has 1 aliphatic carbocycles. The summed E-state index contributed by atoms with van der Waals surface area (Å²) in [6.45, 7) is 5.30. The minimum Gasteiger partial charge on any atom is -0.361 e. The van der Waals surface area contributed by atoms with Crippen molar-refractivity contribution in [1.82, 2.24) is 15.4 Å². The molecular formula is C31H39N3O2. The molecule has 190 valence electrons. The van der Waals surface area contributed by atoms with E-state index in [4.69, 9.17) is 5.21 Å². The van der Waals surface area contributed by atoms with Crippen molar-refractivity contribution in [3.63, 3.8) is 0 Å². The average Bonchev–Trinajstić information content (AvgIpc) is 3.30. The van der Waals surface area contributed by atoms with Crippen LogP contribution in [0.5, 0.6) is 0 Å². The van der Waals surface area contributed by atoms with Crippen molar-refractivity contribution in [2.24, 2.45) is 5.92 Å². The molecular weight excluding hydrogens is 446 g/mol. The molecule has 0 saturated heterocycles. The van der Waals surface area contributed by atoms with Crippen molar-refractivity contribution < 1.29 is 10.0 Å². The third-order valence-electron chi connectivity index (χ3n) is 7.32. The molecule has 36 heavy (non-hydrogen) atoms. The number of para-hydroxylation sites is 1. The predicted octanol–water partition coefficient (Wildman–Crippen LogP) is 6.19. The monoisotopic (exact) mass is 485 g/mol. The Morgan fingerprint density at radius 3 is 2.44 bits per heavy atom. The summed E-state index contributed by atoms with van der Waals surface area (Å²) in [5.41, 5.74) is 6.61. The second kappa shape index (κ2) is 13.3. The number of benzene rings is 2. The second-order valence-electron chi connectivity index (χ2n) is 9.97. The summed E-state index contributed by atoms with van der Waals surface area (Å²) in [7, 11) is 0. The van der Waals surface area contributed by atoms with Gasteiger partial charge in [0.1, 0.15) is 5.92 Å². The first-order chi connectivity index (χ1) is 17.7. The minimum atomic E-state index is -0.467. The van der Waals surface area contributed by atoms with Gasteiger partial charge in [-0.05, 0) is 42.1 Å². The zero-order chi connectivity index (χ0) is 25.2. The Bertz CT molecular complexity index is 1170. The highest BCUT2D eigenvalue weighted by atomic mass is 16.5. The van der Waals surface area contributed by atoms with E-state index in [2.05, 4.69) is 83.4 Å². The van der Waals surface area contributed by atoms with Crippen LogP contribution in [-0.2, 0) is 17.8 Å². The van der Waals surface area contributed by atoms with Crippen LogP contribution in [0.4, 0.5) is 0 Å². The van der Waals surface area contributed by atoms with Crippen LogP contribution in [0.1, 0.15) is 74.5 Å². The molecule has 0 bridgehead atoms. The van der Waals surface area contributed by atoms with Gasteiger partial charge in [-0.25, -0.2) is 5.48 Å². The zero-order valence-corrected chi connectivity index (χ0v) is 21.4. The molecule has 2 unspecified atom stereocenters. The maximum Gasteiger partial charge on any atom is 0.260 e. The van der Waals surface area contributed by atoms with Crippen LogP contribution in [0, 0.1) is 17.8 Å². The van der Waals surface area contributed by atoms with Crippen LogP contribution in [0.15, 0.2) is 54.7 Å². The minimum absolute atomic E-state index is 0.142. The van der Waals surface area contributed by atoms with Gasteiger partial charge >= 0.3 is 0 Å². The number of nitrogens with one attached hydrogen (secondary N) is 2. The van der Waals surface area contributed by atoms with E-state index in [1.54, 1.807) is 5.48 Å². The number of amides is 1. The lowest BCUT2D eigenvalue weighted by Crippen LogP contribution is -2.34. The number of carbonyl (C=O) groups is 1. The van der Waals surface area contributed by atoms with E-state index < -0.39 is 11.8 Å². The van der Waals surface area contributed by atoms with E-state index in [0.29, 0.717) is 0 Å². The van der Waals surface area contributed by atoms with Gasteiger partial charge in [0.15, 0.2) is 0 Å². The summed E-state index contributed by atoms with van der Waals surface area (Å²) in [5, 5.41) is 10.2. The number of aromatic nitrogens is 1. The van der Waals surface area contributed by atoms with E-state index in [0.717, 1.165) is 31.6 Å². The largest absolute Gasteiger partial charge is 0.361 e. The number of nitrogens with zero attached hydrogens (tertiary/aromatic N) is 1. The van der Waals surface area contributed by atoms with Gasteiger partial charge in [-0.1, -0.05) is 99.8 Å². The number of fused-ring (bicyclic) bond motifs is 1. The normalized spacial score (nSPS) is 16.5. The molecule has 2 aromatic carbocycles. The Kier molecular flexibility index (Phi) is 9.61. The highest BCUT2D eigenvalue weighted by Gasteiger charge is 2.32. The Labute approximate surface area is 215 Å². The Balaban J connectivity index is 1.35. The maximum absolute atomic E-state index is 11.8. The first kappa shape index (κ1) is 26.0. The number of aromatic amines is 1. The SMILES string of the molecule is CCCCCCCCCN(CCc1c[nH]c2ccccc12)Cc1ccc(C2C#CC2C(=O)NO)cc1. The molecule has 3 N–H and O–H groups in total. The van der Waals surface area contributed by atoms with E-state index >= 15 is 0 Å². The molecule has 1 heterocycles. The topological polar surface area (TPSA) is 68.4 Å². The molecule has 5 heteroatoms. The standard InChI is InChI=1S/C31H39N3O2/c1-2-3-4-5-6-7-10-20-34(21-19-26-22-32-30-12-9-8-11-28(26)30)23-24-13-15-25(16-14-24)27-17-18-29(27)31(35)33-36/h8-9,11-16,22,27,29,32,36H,2-7,10,19-21,23H2,1H3,(H,33,35). The van der Waals surface area contributed by atoms with Crippen molar-refractivity contribution >= 4 is 16.8 Å². The number of carbonyl (C=O) groups excluding carboxylic acids is 1. The van der Waals surface area contributed by atoms with E-state index in [1.807, 2.05) is 0 Å². The number of hydrogen-bond donors (Lipinski definition) is 3. The summed E-state index contributed by atoms with van der Waals surface area (Å²) in [4.78, 5) is 17.8. The van der Waals surface area contributed by atoms with Crippen LogP contribution in [0.2, 0.25) is 0 Å². The molecule has 0 fully saturated rings. The number of H-pyrrole nitrogens is 1. The number of hydroxylamine groups is 1. The third kappa shape index (κ3) is 6.78. The number of unbranched alkanes of at least 4 members (excludes halogenated alkanes) is 6. The fraction of sp³-hybridized carbons (Fsp3) is 0.452. The summed E-state index contributed by atoms with van der Waals surface area (Å²) >= 11 is 0. The van der Waals surface area contributed by atoms with Crippen LogP contribution < -0.4 is 5.48 Å². The molecule has 0 radical (unpaired) electrons. The number of rotatable bonds is 15. The lowest BCUT2D eigenvalue weighted by Gasteiger charge is -2.25. The average molecular weight is 486 g/mol. The molecule has 5 nitrogen and oxygen atoms in total. The van der Waals surface area contributed by atoms with Crippen LogP contribution in [0.3, 0.4) is 0 Å². The van der Waals surface area contributed by atoms with Crippen molar-refractivity contribution in [3.05, 3.63) is 71.4 Å². The van der Waals surface area contributed by atoms with Crippen molar-refractivity contribution in [2.45, 2.75) is 70.8 Å². The first-order valence-corrected chi connectivity index (χ1v) is 13.5. The molecule has 2 atom stereocenters. The molecule has 0 saturated carbocycles. The van der Waals surface area contributed by atoms with Gasteiger partial charge < -0.3 is 4.98 Å². The highest BCUT2D eigenvalue weighted by molar-refractivity contribution is 5.84. The summed E-state index contributed by atoms with van der Waals surface area (Å²) in [5.74, 6) is 4.86. The van der Waals surface area contributed by atoms with Crippen LogP contribution in [-0.4, -0.2) is 34.1 Å². The van der Waals surface area contributed by atoms with Gasteiger partial charge in [0.25, 0.3) is 5.91 Å². The molecule has 4 rings (SSSR count). The van der Waals surface area contributed by atoms with Gasteiger partial charge in [0.2, 0.25) is 0 Å². The lowest BCUT2D eigenvalue weighted by molar-refractivity contribution is -0.132. The first-order valence-electron chi connectivity index (χ1n) is 13.5. The van der Waals surface area contributed by atoms with Crippen molar-refractivity contribution in [1.29, 1.82) is 0 Å². The van der Waals surface area contributed by atoms with Crippen molar-refractivity contribution in [3.8, 4) is 11.8 Å². The highest BCUT2D eigenvalue weighted by Crippen LogP contribution is 2.30. The lowest BCUT2D eigenvalue weighted by atomic mass is 9.79. The Morgan fingerprint density at radius 1 is 0.972 bits per heavy atom. The van der Waals surface area contributed by atoms with Gasteiger partial charge in [-0.15, -0.1) is 0 Å². The van der Waals surface area contributed by atoms with Crippen LogP contribution >= 0.6 is 0 Å². The smallest absolute Gasteiger partial charge is 0.260 e. The fourth-order valence-electron chi connectivity index (χ4n) is 5.08. The second-order valence-corrected chi connectivity index (χ2v) is 9.97. The zero-order valence-electron chi connectivity index (χ0n) is 21.4. The van der Waals surface area contributed by atoms with E-state index in [9.17, 15) is 4.79 Å². The predicted molar refractivity (Wildman–Crippen MR) is 146 cm³/mol. The third-order valence-corrected chi connectivity index (χ3v) is 7.32. The van der Waals surface area contributed by atoms with Gasteiger partial charge in [-0.2, -0.15) is 0 Å². The fourth-order valence-corrected chi connectivity index (χ4v) is 5.08. The van der Waals surface area contributed by atoms with E-state index in [1.165, 1.54) is 67.0 Å².